The zero-order chi connectivity index (χ0) is 37.4. The van der Waals surface area contributed by atoms with Gasteiger partial charge in [0.05, 0.1) is 28.8 Å². The Hall–Kier alpha value is -7.34. The fourth-order valence-corrected chi connectivity index (χ4v) is 6.99. The molecule has 54 heavy (non-hydrogen) atoms. The van der Waals surface area contributed by atoms with Gasteiger partial charge in [0.25, 0.3) is 0 Å². The predicted molar refractivity (Wildman–Crippen MR) is 197 cm³/mol. The van der Waals surface area contributed by atoms with Gasteiger partial charge in [-0.1, -0.05) is 48.5 Å². The highest BCUT2D eigenvalue weighted by Crippen LogP contribution is 2.44. The number of ether oxygens (including phenoxy) is 3. The number of halogens is 2. The molecule has 0 spiro atoms. The van der Waals surface area contributed by atoms with Crippen molar-refractivity contribution in [3.05, 3.63) is 153 Å². The number of carbonyl (C=O) groups excluding carboxylic acids is 1. The Balaban J connectivity index is 0.000000143. The van der Waals surface area contributed by atoms with E-state index < -0.39 is 34.4 Å². The molecule has 10 nitrogen and oxygen atoms in total. The number of benzene rings is 6. The first-order valence-corrected chi connectivity index (χ1v) is 16.7. The molecule has 2 aliphatic rings. The van der Waals surface area contributed by atoms with Crippen LogP contribution in [0.25, 0.3) is 54.7 Å². The Morgan fingerprint density at radius 2 is 1.07 bits per heavy atom. The number of carbonyl (C=O) groups is 2. The molecular formula is C42H24F2N2O8. The zero-order valence-electron chi connectivity index (χ0n) is 28.1. The lowest BCUT2D eigenvalue weighted by molar-refractivity contribution is 0.0523. The number of fused-ring (bicyclic) bond motifs is 6. The molecule has 0 radical (unpaired) electrons. The van der Waals surface area contributed by atoms with E-state index >= 15 is 0 Å². The predicted octanol–water partition coefficient (Wildman–Crippen LogP) is 8.65. The quantitative estimate of drug-likeness (QED) is 0.180. The number of rotatable bonds is 3. The number of aromatic nitrogens is 2. The molecule has 2 aromatic heterocycles. The third-order valence-electron chi connectivity index (χ3n) is 9.47. The molecule has 10 rings (SSSR count). The maximum Gasteiger partial charge on any atom is 0.343 e. The molecule has 6 aromatic carbocycles. The van der Waals surface area contributed by atoms with Crippen LogP contribution in [0.3, 0.4) is 0 Å². The topological polar surface area (TPSA) is 126 Å². The Kier molecular flexibility index (Phi) is 7.31. The van der Waals surface area contributed by atoms with Gasteiger partial charge in [-0.2, -0.15) is 0 Å². The molecule has 0 atom stereocenters. The van der Waals surface area contributed by atoms with E-state index in [0.717, 1.165) is 27.6 Å². The summed E-state index contributed by atoms with van der Waals surface area (Å²) in [5, 5.41) is 13.4. The van der Waals surface area contributed by atoms with Gasteiger partial charge in [0.2, 0.25) is 10.9 Å². The van der Waals surface area contributed by atoms with Gasteiger partial charge in [-0.15, -0.1) is 0 Å². The summed E-state index contributed by atoms with van der Waals surface area (Å²) in [6.07, 6.45) is 2.63. The molecule has 0 fully saturated rings. The Morgan fingerprint density at radius 1 is 0.648 bits per heavy atom. The van der Waals surface area contributed by atoms with Crippen molar-refractivity contribution in [2.45, 2.75) is 6.92 Å². The molecule has 0 bridgehead atoms. The standard InChI is InChI=1S/C22H14FNO4.C20H10FNO4/c1-2-27-22(26)15-11-24-17-9-12-5-3-4-6-13(12)10-18(17)28-21-16(23)8-7-14(19(21)24)20(15)25;21-14-6-5-12-17-19(14)26-16-8-11-4-2-1-3-10(11)7-15(16)22(17)9-13(18(12)23)20(24)25/h3-11H,2H2,1H3;1-9H,(H,24,25). The van der Waals surface area contributed by atoms with Crippen molar-refractivity contribution < 1.29 is 37.7 Å². The van der Waals surface area contributed by atoms with E-state index in [0.29, 0.717) is 28.4 Å². The lowest BCUT2D eigenvalue weighted by Gasteiger charge is -2.24. The van der Waals surface area contributed by atoms with Gasteiger partial charge in [-0.3, -0.25) is 9.59 Å². The van der Waals surface area contributed by atoms with Gasteiger partial charge in [-0.25, -0.2) is 18.4 Å². The summed E-state index contributed by atoms with van der Waals surface area (Å²) in [4.78, 5) is 49.2. The molecular weight excluding hydrogens is 698 g/mol. The second-order valence-corrected chi connectivity index (χ2v) is 12.6. The highest BCUT2D eigenvalue weighted by Gasteiger charge is 2.28. The largest absolute Gasteiger partial charge is 0.477 e. The number of carboxylic acid groups (broad SMARTS) is 1. The molecule has 2 aliphatic heterocycles. The highest BCUT2D eigenvalue weighted by atomic mass is 19.1. The van der Waals surface area contributed by atoms with Crippen LogP contribution in [0.4, 0.5) is 8.78 Å². The normalized spacial score (nSPS) is 12.0. The Labute approximate surface area is 302 Å². The van der Waals surface area contributed by atoms with Crippen molar-refractivity contribution in [2.24, 2.45) is 0 Å². The SMILES string of the molecule is CCOC(=O)c1cn2c3c(c(F)ccc3c1=O)Oc1cc3ccccc3cc1-2.O=C(O)c1cn2c3c(c(F)ccc3c1=O)Oc1cc3ccccc3cc1-2. The second-order valence-electron chi connectivity index (χ2n) is 12.6. The van der Waals surface area contributed by atoms with Crippen LogP contribution < -0.4 is 20.3 Å². The molecule has 8 aromatic rings. The number of hydrogen-bond acceptors (Lipinski definition) is 7. The van der Waals surface area contributed by atoms with Crippen LogP contribution in [0.15, 0.2) is 119 Å². The minimum atomic E-state index is -1.33. The maximum absolute atomic E-state index is 14.5. The lowest BCUT2D eigenvalue weighted by atomic mass is 10.0. The minimum absolute atomic E-state index is 0.0345. The van der Waals surface area contributed by atoms with E-state index in [9.17, 15) is 33.1 Å². The lowest BCUT2D eigenvalue weighted by Crippen LogP contribution is -2.22. The van der Waals surface area contributed by atoms with Gasteiger partial charge >= 0.3 is 11.9 Å². The van der Waals surface area contributed by atoms with Crippen LogP contribution in [0.1, 0.15) is 27.6 Å². The van der Waals surface area contributed by atoms with Crippen LogP contribution in [-0.4, -0.2) is 32.8 Å². The first kappa shape index (κ1) is 32.6. The van der Waals surface area contributed by atoms with Crippen molar-refractivity contribution >= 4 is 55.3 Å². The average molecular weight is 723 g/mol. The molecule has 0 unspecified atom stereocenters. The smallest absolute Gasteiger partial charge is 0.343 e. The molecule has 1 N–H and O–H groups in total. The number of aromatic carboxylic acids is 1. The molecule has 0 saturated heterocycles. The number of hydrogen-bond donors (Lipinski definition) is 1. The van der Waals surface area contributed by atoms with E-state index in [1.165, 1.54) is 35.2 Å². The van der Waals surface area contributed by atoms with Crippen LogP contribution in [0.2, 0.25) is 0 Å². The minimum Gasteiger partial charge on any atom is -0.477 e. The molecule has 0 aliphatic carbocycles. The van der Waals surface area contributed by atoms with E-state index in [-0.39, 0.29) is 45.5 Å². The number of esters is 1. The van der Waals surface area contributed by atoms with Gasteiger partial charge in [0, 0.05) is 12.4 Å². The molecule has 0 saturated carbocycles. The molecule has 264 valence electrons. The van der Waals surface area contributed by atoms with Gasteiger partial charge in [0.1, 0.15) is 22.2 Å². The average Bonchev–Trinajstić information content (AvgIpc) is 3.17. The van der Waals surface area contributed by atoms with Crippen molar-refractivity contribution in [1.82, 2.24) is 9.13 Å². The number of nitrogens with zero attached hydrogens (tertiary/aromatic N) is 2. The summed E-state index contributed by atoms with van der Waals surface area (Å²) < 4.78 is 48.7. The second kappa shape index (κ2) is 12.1. The van der Waals surface area contributed by atoms with Crippen molar-refractivity contribution in [1.29, 1.82) is 0 Å². The summed E-state index contributed by atoms with van der Waals surface area (Å²) in [6, 6.07) is 27.5. The van der Waals surface area contributed by atoms with Crippen LogP contribution in [0, 0.1) is 11.6 Å². The zero-order valence-corrected chi connectivity index (χ0v) is 28.1. The summed E-state index contributed by atoms with van der Waals surface area (Å²) in [5.74, 6) is -2.53. The van der Waals surface area contributed by atoms with Crippen LogP contribution in [-0.2, 0) is 4.74 Å². The van der Waals surface area contributed by atoms with E-state index in [4.69, 9.17) is 14.2 Å². The third kappa shape index (κ3) is 4.91. The van der Waals surface area contributed by atoms with E-state index in [2.05, 4.69) is 0 Å². The first-order chi connectivity index (χ1) is 26.1. The summed E-state index contributed by atoms with van der Waals surface area (Å²) in [6.45, 7) is 1.82. The summed E-state index contributed by atoms with van der Waals surface area (Å²) >= 11 is 0. The Bertz CT molecular complexity index is 3100. The molecule has 4 heterocycles. The first-order valence-electron chi connectivity index (χ1n) is 16.7. The maximum atomic E-state index is 14.5. The molecule has 0 amide bonds. The van der Waals surface area contributed by atoms with Gasteiger partial charge < -0.3 is 28.5 Å². The monoisotopic (exact) mass is 722 g/mol. The van der Waals surface area contributed by atoms with Gasteiger partial charge in [-0.05, 0) is 77.0 Å². The Morgan fingerprint density at radius 3 is 1.52 bits per heavy atom. The fraction of sp³-hybridized carbons (Fsp3) is 0.0476. The number of carboxylic acids is 1. The molecule has 12 heteroatoms. The summed E-state index contributed by atoms with van der Waals surface area (Å²) in [7, 11) is 0. The van der Waals surface area contributed by atoms with E-state index in [1.807, 2.05) is 66.7 Å². The third-order valence-corrected chi connectivity index (χ3v) is 9.47. The van der Waals surface area contributed by atoms with Gasteiger partial charge in [0.15, 0.2) is 34.6 Å². The van der Waals surface area contributed by atoms with Crippen LogP contribution >= 0.6 is 0 Å². The van der Waals surface area contributed by atoms with Crippen molar-refractivity contribution in [3.63, 3.8) is 0 Å². The fourth-order valence-electron chi connectivity index (χ4n) is 6.99. The van der Waals surface area contributed by atoms with Crippen LogP contribution in [0.5, 0.6) is 23.0 Å². The summed E-state index contributed by atoms with van der Waals surface area (Å²) in [5.41, 5.74) is 0.0193. The number of pyridine rings is 2. The van der Waals surface area contributed by atoms with E-state index in [1.54, 1.807) is 17.6 Å². The highest BCUT2D eigenvalue weighted by molar-refractivity contribution is 5.99. The van der Waals surface area contributed by atoms with Crippen molar-refractivity contribution in [2.75, 3.05) is 6.61 Å². The van der Waals surface area contributed by atoms with Crippen molar-refractivity contribution in [3.8, 4) is 34.4 Å².